The maximum atomic E-state index is 11.1. The Bertz CT molecular complexity index is 591. The van der Waals surface area contributed by atoms with Gasteiger partial charge in [-0.15, -0.1) is 24.0 Å². The summed E-state index contributed by atoms with van der Waals surface area (Å²) in [5.41, 5.74) is -0.0827. The van der Waals surface area contributed by atoms with Crippen molar-refractivity contribution >= 4 is 39.8 Å². The van der Waals surface area contributed by atoms with Crippen molar-refractivity contribution in [3.05, 3.63) is 17.8 Å². The quantitative estimate of drug-likeness (QED) is 0.404. The van der Waals surface area contributed by atoms with E-state index in [0.29, 0.717) is 24.9 Å². The summed E-state index contributed by atoms with van der Waals surface area (Å²) in [4.78, 5) is 8.21. The van der Waals surface area contributed by atoms with E-state index in [1.807, 2.05) is 0 Å². The SMILES string of the molecule is CN=C(NCCS(C)(=O)=O)NCc1ncc(C(C)(C)C)o1.I. The molecule has 22 heavy (non-hydrogen) atoms. The molecule has 1 rings (SSSR count). The average Bonchev–Trinajstić information content (AvgIpc) is 2.80. The van der Waals surface area contributed by atoms with Crippen molar-refractivity contribution in [1.29, 1.82) is 0 Å². The van der Waals surface area contributed by atoms with E-state index in [4.69, 9.17) is 4.42 Å². The number of halogens is 1. The largest absolute Gasteiger partial charge is 0.443 e. The molecule has 2 N–H and O–H groups in total. The van der Waals surface area contributed by atoms with Gasteiger partial charge in [-0.25, -0.2) is 13.4 Å². The molecule has 128 valence electrons. The van der Waals surface area contributed by atoms with Crippen LogP contribution >= 0.6 is 24.0 Å². The smallest absolute Gasteiger partial charge is 0.213 e. The highest BCUT2D eigenvalue weighted by Crippen LogP contribution is 2.22. The van der Waals surface area contributed by atoms with E-state index in [2.05, 4.69) is 41.4 Å². The Morgan fingerprint density at radius 3 is 2.45 bits per heavy atom. The summed E-state index contributed by atoms with van der Waals surface area (Å²) in [5, 5.41) is 5.95. The van der Waals surface area contributed by atoms with Gasteiger partial charge in [-0.05, 0) is 0 Å². The average molecular weight is 444 g/mol. The normalized spacial score (nSPS) is 12.7. The van der Waals surface area contributed by atoms with Crippen LogP contribution in [0.5, 0.6) is 0 Å². The van der Waals surface area contributed by atoms with Gasteiger partial charge in [0.1, 0.15) is 15.6 Å². The predicted molar refractivity (Wildman–Crippen MR) is 98.5 cm³/mol. The van der Waals surface area contributed by atoms with Crippen molar-refractivity contribution in [1.82, 2.24) is 15.6 Å². The third-order valence-corrected chi connectivity index (χ3v) is 3.63. The zero-order valence-corrected chi connectivity index (χ0v) is 16.8. The van der Waals surface area contributed by atoms with Gasteiger partial charge in [0.15, 0.2) is 5.96 Å². The molecule has 0 saturated heterocycles. The number of guanidine groups is 1. The van der Waals surface area contributed by atoms with Gasteiger partial charge in [-0.2, -0.15) is 0 Å². The molecule has 1 aromatic rings. The second-order valence-electron chi connectivity index (χ2n) is 5.85. The molecule has 0 aliphatic rings. The summed E-state index contributed by atoms with van der Waals surface area (Å²) in [6.07, 6.45) is 2.92. The van der Waals surface area contributed by atoms with Crippen LogP contribution in [-0.2, 0) is 21.8 Å². The van der Waals surface area contributed by atoms with E-state index in [1.165, 1.54) is 6.26 Å². The summed E-state index contributed by atoms with van der Waals surface area (Å²) < 4.78 is 27.8. The highest BCUT2D eigenvalue weighted by atomic mass is 127. The van der Waals surface area contributed by atoms with Crippen LogP contribution in [0.4, 0.5) is 0 Å². The summed E-state index contributed by atoms with van der Waals surface area (Å²) in [6.45, 7) is 6.84. The topological polar surface area (TPSA) is 96.6 Å². The number of hydrogen-bond acceptors (Lipinski definition) is 5. The van der Waals surface area contributed by atoms with Crippen molar-refractivity contribution in [3.8, 4) is 0 Å². The fourth-order valence-corrected chi connectivity index (χ4v) is 1.95. The van der Waals surface area contributed by atoms with Gasteiger partial charge in [-0.1, -0.05) is 20.8 Å². The van der Waals surface area contributed by atoms with Crippen molar-refractivity contribution < 1.29 is 12.8 Å². The Kier molecular flexibility index (Phi) is 8.37. The second-order valence-corrected chi connectivity index (χ2v) is 8.11. The van der Waals surface area contributed by atoms with Crippen LogP contribution in [0.2, 0.25) is 0 Å². The molecule has 0 aromatic carbocycles. The number of rotatable bonds is 5. The zero-order chi connectivity index (χ0) is 16.1. The fraction of sp³-hybridized carbons (Fsp3) is 0.692. The maximum Gasteiger partial charge on any atom is 0.213 e. The Morgan fingerprint density at radius 1 is 1.36 bits per heavy atom. The molecule has 0 aliphatic heterocycles. The Balaban J connectivity index is 0.00000441. The van der Waals surface area contributed by atoms with Crippen LogP contribution in [0.15, 0.2) is 15.6 Å². The van der Waals surface area contributed by atoms with Crippen LogP contribution in [0.3, 0.4) is 0 Å². The predicted octanol–water partition coefficient (Wildman–Crippen LogP) is 1.30. The Morgan fingerprint density at radius 2 is 2.00 bits per heavy atom. The summed E-state index contributed by atoms with van der Waals surface area (Å²) in [7, 11) is -1.37. The molecule has 9 heteroatoms. The van der Waals surface area contributed by atoms with E-state index >= 15 is 0 Å². The molecule has 0 saturated carbocycles. The zero-order valence-electron chi connectivity index (χ0n) is 13.6. The van der Waals surface area contributed by atoms with Crippen LogP contribution < -0.4 is 10.6 Å². The summed E-state index contributed by atoms with van der Waals surface area (Å²) >= 11 is 0. The molecule has 0 radical (unpaired) electrons. The first-order valence-corrected chi connectivity index (χ1v) is 8.75. The second kappa shape index (κ2) is 8.70. The molecule has 0 spiro atoms. The van der Waals surface area contributed by atoms with Crippen LogP contribution in [0.1, 0.15) is 32.4 Å². The van der Waals surface area contributed by atoms with Gasteiger partial charge < -0.3 is 15.1 Å². The number of hydrogen-bond donors (Lipinski definition) is 2. The summed E-state index contributed by atoms with van der Waals surface area (Å²) in [6, 6.07) is 0. The molecule has 0 unspecified atom stereocenters. The number of aliphatic imine (C=N–C) groups is 1. The molecule has 0 amide bonds. The van der Waals surface area contributed by atoms with E-state index in [-0.39, 0.29) is 35.1 Å². The lowest BCUT2D eigenvalue weighted by atomic mass is 9.94. The number of nitrogens with zero attached hydrogens (tertiary/aromatic N) is 2. The van der Waals surface area contributed by atoms with Gasteiger partial charge in [0.2, 0.25) is 5.89 Å². The van der Waals surface area contributed by atoms with Crippen LogP contribution in [0.25, 0.3) is 0 Å². The lowest BCUT2D eigenvalue weighted by Crippen LogP contribution is -2.39. The molecular weight excluding hydrogens is 419 g/mol. The molecule has 1 heterocycles. The first kappa shape index (κ1) is 21.2. The van der Waals surface area contributed by atoms with Gasteiger partial charge >= 0.3 is 0 Å². The monoisotopic (exact) mass is 444 g/mol. The van der Waals surface area contributed by atoms with E-state index in [0.717, 1.165) is 5.76 Å². The number of oxazole rings is 1. The minimum atomic E-state index is -2.98. The minimum Gasteiger partial charge on any atom is -0.443 e. The molecule has 7 nitrogen and oxygen atoms in total. The minimum absolute atomic E-state index is 0. The summed E-state index contributed by atoms with van der Waals surface area (Å²) in [5.74, 6) is 1.94. The molecule has 0 fully saturated rings. The Labute approximate surface area is 149 Å². The standard InChI is InChI=1S/C13H24N4O3S.HI/c1-13(2,3)10-8-16-11(20-10)9-17-12(14-4)15-6-7-21(5,18)19;/h8H,6-7,9H2,1-5H3,(H2,14,15,17);1H. The third kappa shape index (κ3) is 7.97. The van der Waals surface area contributed by atoms with Crippen molar-refractivity contribution in [2.24, 2.45) is 4.99 Å². The number of nitrogens with one attached hydrogen (secondary N) is 2. The van der Waals surface area contributed by atoms with Crippen molar-refractivity contribution in [2.75, 3.05) is 25.6 Å². The van der Waals surface area contributed by atoms with Gasteiger partial charge in [0, 0.05) is 25.3 Å². The van der Waals surface area contributed by atoms with Gasteiger partial charge in [0.05, 0.1) is 18.5 Å². The van der Waals surface area contributed by atoms with E-state index in [1.54, 1.807) is 13.2 Å². The molecule has 1 aromatic heterocycles. The first-order chi connectivity index (χ1) is 9.62. The lowest BCUT2D eigenvalue weighted by molar-refractivity contribution is 0.379. The highest BCUT2D eigenvalue weighted by Gasteiger charge is 2.19. The van der Waals surface area contributed by atoms with E-state index < -0.39 is 9.84 Å². The maximum absolute atomic E-state index is 11.1. The van der Waals surface area contributed by atoms with Gasteiger partial charge in [0.25, 0.3) is 0 Å². The highest BCUT2D eigenvalue weighted by molar-refractivity contribution is 14.0. The van der Waals surface area contributed by atoms with Crippen LogP contribution in [-0.4, -0.2) is 45.0 Å². The third-order valence-electron chi connectivity index (χ3n) is 2.69. The molecule has 0 atom stereocenters. The molecule has 0 aliphatic carbocycles. The fourth-order valence-electron chi connectivity index (χ4n) is 1.47. The van der Waals surface area contributed by atoms with Crippen molar-refractivity contribution in [3.63, 3.8) is 0 Å². The van der Waals surface area contributed by atoms with E-state index in [9.17, 15) is 8.42 Å². The lowest BCUT2D eigenvalue weighted by Gasteiger charge is -2.13. The number of sulfone groups is 1. The molecular formula is C13H25IN4O3S. The van der Waals surface area contributed by atoms with Crippen molar-refractivity contribution in [2.45, 2.75) is 32.7 Å². The number of aromatic nitrogens is 1. The van der Waals surface area contributed by atoms with Gasteiger partial charge in [-0.3, -0.25) is 4.99 Å². The van der Waals surface area contributed by atoms with Crippen LogP contribution in [0, 0.1) is 0 Å². The Hall–Kier alpha value is -0.840. The first-order valence-electron chi connectivity index (χ1n) is 6.69. The molecule has 0 bridgehead atoms.